The minimum atomic E-state index is -3.66. The second kappa shape index (κ2) is 8.51. The number of hydrogen-bond acceptors (Lipinski definition) is 4. The van der Waals surface area contributed by atoms with E-state index in [1.165, 1.54) is 11.4 Å². The summed E-state index contributed by atoms with van der Waals surface area (Å²) in [6.45, 7) is 2.81. The third-order valence-corrected chi connectivity index (χ3v) is 6.95. The van der Waals surface area contributed by atoms with Gasteiger partial charge in [-0.2, -0.15) is 4.31 Å². The number of hydrogen-bond donors (Lipinski definition) is 0. The van der Waals surface area contributed by atoms with Crippen LogP contribution in [0.5, 0.6) is 5.75 Å². The van der Waals surface area contributed by atoms with Crippen molar-refractivity contribution in [3.8, 4) is 5.75 Å². The Morgan fingerprint density at radius 3 is 2.64 bits per heavy atom. The standard InChI is InChI=1S/C20H23ClN2O4S/c1-15-13-17(23-10-4-7-20(23)24)8-9-19(15)28(25,26)22(2)11-12-27-18-6-3-5-16(21)14-18/h3,5-6,8-9,13-14H,4,7,10-12H2,1-2H3. The molecule has 3 rings (SSSR count). The molecule has 8 heteroatoms. The summed E-state index contributed by atoms with van der Waals surface area (Å²) in [7, 11) is -2.14. The average Bonchev–Trinajstić information content (AvgIpc) is 3.07. The van der Waals surface area contributed by atoms with Gasteiger partial charge in [-0.25, -0.2) is 8.42 Å². The molecule has 0 aromatic heterocycles. The second-order valence-electron chi connectivity index (χ2n) is 6.73. The average molecular weight is 423 g/mol. The number of likely N-dealkylation sites (N-methyl/N-ethyl adjacent to an activating group) is 1. The fourth-order valence-electron chi connectivity index (χ4n) is 3.15. The van der Waals surface area contributed by atoms with Crippen molar-refractivity contribution in [1.29, 1.82) is 0 Å². The van der Waals surface area contributed by atoms with Crippen LogP contribution in [0.15, 0.2) is 47.4 Å². The Morgan fingerprint density at radius 2 is 2.00 bits per heavy atom. The van der Waals surface area contributed by atoms with Crippen molar-refractivity contribution in [2.75, 3.05) is 31.6 Å². The minimum Gasteiger partial charge on any atom is -0.492 e. The molecular weight excluding hydrogens is 400 g/mol. The summed E-state index contributed by atoms with van der Waals surface area (Å²) in [4.78, 5) is 13.8. The molecule has 0 radical (unpaired) electrons. The summed E-state index contributed by atoms with van der Waals surface area (Å²) in [5, 5.41) is 0.561. The molecule has 1 aliphatic rings. The first-order chi connectivity index (χ1) is 13.3. The number of ether oxygens (including phenoxy) is 1. The van der Waals surface area contributed by atoms with E-state index in [0.29, 0.717) is 29.3 Å². The van der Waals surface area contributed by atoms with Crippen LogP contribution in [0.25, 0.3) is 0 Å². The zero-order valence-corrected chi connectivity index (χ0v) is 17.5. The summed E-state index contributed by atoms with van der Waals surface area (Å²) >= 11 is 5.91. The molecule has 1 heterocycles. The molecule has 0 unspecified atom stereocenters. The van der Waals surface area contributed by atoms with Gasteiger partial charge >= 0.3 is 0 Å². The number of carbonyl (C=O) groups excluding carboxylic acids is 1. The third-order valence-electron chi connectivity index (χ3n) is 4.70. The Kier molecular flexibility index (Phi) is 6.27. The van der Waals surface area contributed by atoms with E-state index in [4.69, 9.17) is 16.3 Å². The summed E-state index contributed by atoms with van der Waals surface area (Å²) in [6, 6.07) is 12.0. The second-order valence-corrected chi connectivity index (χ2v) is 9.18. The van der Waals surface area contributed by atoms with Gasteiger partial charge in [-0.3, -0.25) is 4.79 Å². The van der Waals surface area contributed by atoms with Crippen LogP contribution >= 0.6 is 11.6 Å². The fourth-order valence-corrected chi connectivity index (χ4v) is 4.69. The number of carbonyl (C=O) groups is 1. The van der Waals surface area contributed by atoms with E-state index >= 15 is 0 Å². The van der Waals surface area contributed by atoms with Gasteiger partial charge in [0.2, 0.25) is 15.9 Å². The highest BCUT2D eigenvalue weighted by Gasteiger charge is 2.26. The van der Waals surface area contributed by atoms with Crippen LogP contribution in [0.4, 0.5) is 5.69 Å². The lowest BCUT2D eigenvalue weighted by Crippen LogP contribution is -2.31. The number of sulfonamides is 1. The van der Waals surface area contributed by atoms with Crippen molar-refractivity contribution in [2.24, 2.45) is 0 Å². The van der Waals surface area contributed by atoms with Crippen molar-refractivity contribution in [2.45, 2.75) is 24.7 Å². The van der Waals surface area contributed by atoms with Crippen molar-refractivity contribution in [3.63, 3.8) is 0 Å². The van der Waals surface area contributed by atoms with E-state index < -0.39 is 10.0 Å². The first kappa shape index (κ1) is 20.6. The largest absolute Gasteiger partial charge is 0.492 e. The highest BCUT2D eigenvalue weighted by molar-refractivity contribution is 7.89. The highest BCUT2D eigenvalue weighted by atomic mass is 35.5. The number of rotatable bonds is 7. The SMILES string of the molecule is Cc1cc(N2CCCC2=O)ccc1S(=O)(=O)N(C)CCOc1cccc(Cl)c1. The number of amides is 1. The molecule has 6 nitrogen and oxygen atoms in total. The predicted molar refractivity (Wildman–Crippen MR) is 110 cm³/mol. The number of aryl methyl sites for hydroxylation is 1. The summed E-state index contributed by atoms with van der Waals surface area (Å²) in [5.74, 6) is 0.666. The maximum absolute atomic E-state index is 12.9. The molecule has 150 valence electrons. The Hall–Kier alpha value is -2.09. The molecule has 0 spiro atoms. The number of halogens is 1. The zero-order chi connectivity index (χ0) is 20.3. The van der Waals surface area contributed by atoms with Crippen LogP contribution in [0.1, 0.15) is 18.4 Å². The van der Waals surface area contributed by atoms with Crippen LogP contribution in [0.2, 0.25) is 5.02 Å². The van der Waals surface area contributed by atoms with E-state index in [1.54, 1.807) is 54.3 Å². The number of nitrogens with zero attached hydrogens (tertiary/aromatic N) is 2. The molecule has 0 N–H and O–H groups in total. The van der Waals surface area contributed by atoms with E-state index in [0.717, 1.165) is 12.1 Å². The van der Waals surface area contributed by atoms with Gasteiger partial charge in [-0.05, 0) is 55.3 Å². The topological polar surface area (TPSA) is 66.9 Å². The summed E-state index contributed by atoms with van der Waals surface area (Å²) < 4.78 is 32.7. The normalized spacial score (nSPS) is 14.7. The molecular formula is C20H23ClN2O4S. The lowest BCUT2D eigenvalue weighted by molar-refractivity contribution is -0.117. The van der Waals surface area contributed by atoms with E-state index in [9.17, 15) is 13.2 Å². The van der Waals surface area contributed by atoms with Gasteiger partial charge in [-0.15, -0.1) is 0 Å². The third kappa shape index (κ3) is 4.48. The molecule has 1 saturated heterocycles. The van der Waals surface area contributed by atoms with Gasteiger partial charge in [0.05, 0.1) is 4.90 Å². The Balaban J connectivity index is 1.68. The molecule has 28 heavy (non-hydrogen) atoms. The van der Waals surface area contributed by atoms with Crippen LogP contribution in [-0.2, 0) is 14.8 Å². The maximum atomic E-state index is 12.9. The summed E-state index contributed by atoms with van der Waals surface area (Å²) in [6.07, 6.45) is 1.36. The summed E-state index contributed by atoms with van der Waals surface area (Å²) in [5.41, 5.74) is 1.35. The first-order valence-corrected chi connectivity index (χ1v) is 10.9. The lowest BCUT2D eigenvalue weighted by Gasteiger charge is -2.21. The fraction of sp³-hybridized carbons (Fsp3) is 0.350. The van der Waals surface area contributed by atoms with E-state index in [-0.39, 0.29) is 24.0 Å². The molecule has 0 bridgehead atoms. The zero-order valence-electron chi connectivity index (χ0n) is 15.9. The Morgan fingerprint density at radius 1 is 1.21 bits per heavy atom. The number of benzene rings is 2. The highest BCUT2D eigenvalue weighted by Crippen LogP contribution is 2.27. The van der Waals surface area contributed by atoms with Crippen LogP contribution in [-0.4, -0.2) is 45.4 Å². The molecule has 0 aliphatic carbocycles. The van der Waals surface area contributed by atoms with Gasteiger partial charge in [0.1, 0.15) is 12.4 Å². The van der Waals surface area contributed by atoms with Crippen LogP contribution < -0.4 is 9.64 Å². The van der Waals surface area contributed by atoms with E-state index in [1.807, 2.05) is 0 Å². The molecule has 2 aromatic carbocycles. The maximum Gasteiger partial charge on any atom is 0.243 e. The molecule has 1 fully saturated rings. The molecule has 0 saturated carbocycles. The Bertz CT molecular complexity index is 978. The van der Waals surface area contributed by atoms with Crippen LogP contribution in [0, 0.1) is 6.92 Å². The van der Waals surface area contributed by atoms with Gasteiger partial charge in [0.25, 0.3) is 0 Å². The van der Waals surface area contributed by atoms with Crippen molar-refractivity contribution in [1.82, 2.24) is 4.31 Å². The van der Waals surface area contributed by atoms with Crippen molar-refractivity contribution < 1.29 is 17.9 Å². The molecule has 2 aromatic rings. The lowest BCUT2D eigenvalue weighted by atomic mass is 10.2. The van der Waals surface area contributed by atoms with Gasteiger partial charge in [0, 0.05) is 37.3 Å². The smallest absolute Gasteiger partial charge is 0.243 e. The van der Waals surface area contributed by atoms with Gasteiger partial charge < -0.3 is 9.64 Å². The minimum absolute atomic E-state index is 0.0743. The van der Waals surface area contributed by atoms with Crippen molar-refractivity contribution in [3.05, 3.63) is 53.1 Å². The molecule has 1 amide bonds. The quantitative estimate of drug-likeness (QED) is 0.685. The first-order valence-electron chi connectivity index (χ1n) is 9.05. The molecule has 0 atom stereocenters. The van der Waals surface area contributed by atoms with Gasteiger partial charge in [0.15, 0.2) is 0 Å². The van der Waals surface area contributed by atoms with E-state index in [2.05, 4.69) is 0 Å². The monoisotopic (exact) mass is 422 g/mol. The predicted octanol–water partition coefficient (Wildman–Crippen LogP) is 3.47. The Labute approximate surface area is 170 Å². The number of anilines is 1. The van der Waals surface area contributed by atoms with Crippen LogP contribution in [0.3, 0.4) is 0 Å². The van der Waals surface area contributed by atoms with Gasteiger partial charge in [-0.1, -0.05) is 17.7 Å². The molecule has 1 aliphatic heterocycles. The van der Waals surface area contributed by atoms with Crippen molar-refractivity contribution >= 4 is 33.2 Å².